The first-order chi connectivity index (χ1) is 8.58. The molecule has 2 atom stereocenters. The summed E-state index contributed by atoms with van der Waals surface area (Å²) < 4.78 is 0. The Morgan fingerprint density at radius 2 is 2.00 bits per heavy atom. The van der Waals surface area contributed by atoms with E-state index in [1.54, 1.807) is 0 Å². The fraction of sp³-hybridized carbons (Fsp3) is 0.692. The quantitative estimate of drug-likeness (QED) is 0.857. The number of nitrogens with two attached hydrogens (primary N) is 1. The number of nitrogen functional groups attached to an aromatic ring is 1. The molecule has 0 spiro atoms. The van der Waals surface area contributed by atoms with Gasteiger partial charge in [0.2, 0.25) is 5.95 Å². The van der Waals surface area contributed by atoms with Crippen LogP contribution in [0, 0.1) is 11.8 Å². The van der Waals surface area contributed by atoms with Gasteiger partial charge < -0.3 is 16.0 Å². The largest absolute Gasteiger partial charge is 0.370 e. The van der Waals surface area contributed by atoms with E-state index in [9.17, 15) is 0 Å². The van der Waals surface area contributed by atoms with Crippen molar-refractivity contribution in [2.75, 3.05) is 35.6 Å². The second-order valence-electron chi connectivity index (χ2n) is 5.35. The van der Waals surface area contributed by atoms with Crippen LogP contribution in [-0.4, -0.2) is 29.6 Å². The van der Waals surface area contributed by atoms with Crippen molar-refractivity contribution in [1.29, 1.82) is 0 Å². The first kappa shape index (κ1) is 12.9. The molecule has 0 aromatic carbocycles. The highest BCUT2D eigenvalue weighted by molar-refractivity contribution is 5.52. The summed E-state index contributed by atoms with van der Waals surface area (Å²) in [6.07, 6.45) is 1.29. The molecular formula is C13H23N5. The molecule has 18 heavy (non-hydrogen) atoms. The Morgan fingerprint density at radius 3 is 2.61 bits per heavy atom. The second-order valence-corrected chi connectivity index (χ2v) is 5.35. The Hall–Kier alpha value is -1.52. The van der Waals surface area contributed by atoms with Crippen molar-refractivity contribution in [2.24, 2.45) is 11.8 Å². The first-order valence-corrected chi connectivity index (χ1v) is 6.71. The normalized spacial score (nSPS) is 24.1. The van der Waals surface area contributed by atoms with E-state index in [0.717, 1.165) is 31.3 Å². The van der Waals surface area contributed by atoms with E-state index in [4.69, 9.17) is 5.73 Å². The van der Waals surface area contributed by atoms with Crippen molar-refractivity contribution in [2.45, 2.75) is 27.2 Å². The van der Waals surface area contributed by atoms with Crippen molar-refractivity contribution in [3.8, 4) is 0 Å². The maximum Gasteiger partial charge on any atom is 0.223 e. The number of rotatable bonds is 3. The van der Waals surface area contributed by atoms with E-state index in [0.29, 0.717) is 17.8 Å². The van der Waals surface area contributed by atoms with Crippen LogP contribution >= 0.6 is 0 Å². The number of anilines is 3. The summed E-state index contributed by atoms with van der Waals surface area (Å²) in [7, 11) is 0. The minimum Gasteiger partial charge on any atom is -0.370 e. The molecule has 1 aliphatic heterocycles. The van der Waals surface area contributed by atoms with Crippen LogP contribution in [0.15, 0.2) is 6.07 Å². The van der Waals surface area contributed by atoms with Gasteiger partial charge in [0.05, 0.1) is 0 Å². The average molecular weight is 249 g/mol. The highest BCUT2D eigenvalue weighted by atomic mass is 15.2. The Morgan fingerprint density at radius 1 is 1.33 bits per heavy atom. The van der Waals surface area contributed by atoms with Crippen LogP contribution in [0.5, 0.6) is 0 Å². The minimum atomic E-state index is 0.342. The van der Waals surface area contributed by atoms with Gasteiger partial charge in [-0.1, -0.05) is 13.8 Å². The third-order valence-electron chi connectivity index (χ3n) is 3.28. The number of nitrogens with one attached hydrogen (secondary N) is 1. The lowest BCUT2D eigenvalue weighted by molar-refractivity contribution is 0.355. The molecule has 0 radical (unpaired) electrons. The molecule has 2 heterocycles. The maximum atomic E-state index is 5.78. The summed E-state index contributed by atoms with van der Waals surface area (Å²) >= 11 is 0. The van der Waals surface area contributed by atoms with E-state index in [-0.39, 0.29) is 0 Å². The Kier molecular flexibility index (Phi) is 3.89. The summed E-state index contributed by atoms with van der Waals surface area (Å²) in [5.74, 6) is 3.50. The smallest absolute Gasteiger partial charge is 0.223 e. The zero-order chi connectivity index (χ0) is 13.1. The fourth-order valence-electron chi connectivity index (χ4n) is 2.74. The predicted molar refractivity (Wildman–Crippen MR) is 75.8 cm³/mol. The molecule has 3 N–H and O–H groups in total. The molecule has 100 valence electrons. The number of hydrogen-bond donors (Lipinski definition) is 2. The number of hydrogen-bond acceptors (Lipinski definition) is 5. The number of nitrogens with zero attached hydrogens (tertiary/aromatic N) is 3. The van der Waals surface area contributed by atoms with Gasteiger partial charge in [-0.2, -0.15) is 9.97 Å². The Bertz CT molecular complexity index is 396. The van der Waals surface area contributed by atoms with Gasteiger partial charge >= 0.3 is 0 Å². The van der Waals surface area contributed by atoms with Gasteiger partial charge in [0.1, 0.15) is 11.6 Å². The molecule has 5 heteroatoms. The zero-order valence-electron chi connectivity index (χ0n) is 11.5. The van der Waals surface area contributed by atoms with Crippen LogP contribution < -0.4 is 16.0 Å². The van der Waals surface area contributed by atoms with Gasteiger partial charge in [0.25, 0.3) is 0 Å². The van der Waals surface area contributed by atoms with E-state index < -0.39 is 0 Å². The molecule has 0 amide bonds. The average Bonchev–Trinajstić information content (AvgIpc) is 2.27. The summed E-state index contributed by atoms with van der Waals surface area (Å²) in [5, 5.41) is 3.19. The van der Waals surface area contributed by atoms with Crippen LogP contribution in [0.1, 0.15) is 27.2 Å². The molecule has 1 aromatic heterocycles. The topological polar surface area (TPSA) is 67.1 Å². The van der Waals surface area contributed by atoms with Crippen LogP contribution in [0.4, 0.5) is 17.6 Å². The maximum absolute atomic E-state index is 5.78. The standard InChI is InChI=1S/C13H23N5/c1-4-15-11-6-12(17-13(14)16-11)18-7-9(2)5-10(3)8-18/h6,9-10H,4-5,7-8H2,1-3H3,(H3,14,15,16,17). The van der Waals surface area contributed by atoms with Gasteiger partial charge in [0, 0.05) is 25.7 Å². The van der Waals surface area contributed by atoms with Crippen molar-refractivity contribution in [1.82, 2.24) is 9.97 Å². The third-order valence-corrected chi connectivity index (χ3v) is 3.28. The fourth-order valence-corrected chi connectivity index (χ4v) is 2.74. The van der Waals surface area contributed by atoms with Gasteiger partial charge in [-0.25, -0.2) is 0 Å². The Balaban J connectivity index is 2.21. The molecule has 2 unspecified atom stereocenters. The third kappa shape index (κ3) is 3.03. The molecule has 2 rings (SSSR count). The Labute approximate surface area is 109 Å². The van der Waals surface area contributed by atoms with Crippen molar-refractivity contribution < 1.29 is 0 Å². The summed E-state index contributed by atoms with van der Waals surface area (Å²) in [5.41, 5.74) is 5.78. The van der Waals surface area contributed by atoms with Gasteiger partial charge in [-0.15, -0.1) is 0 Å². The molecule has 1 saturated heterocycles. The molecular weight excluding hydrogens is 226 g/mol. The number of aromatic nitrogens is 2. The molecule has 5 nitrogen and oxygen atoms in total. The molecule has 0 bridgehead atoms. The summed E-state index contributed by atoms with van der Waals surface area (Å²) in [6.45, 7) is 9.56. The lowest BCUT2D eigenvalue weighted by Crippen LogP contribution is -2.39. The summed E-state index contributed by atoms with van der Waals surface area (Å²) in [6, 6.07) is 1.99. The molecule has 1 fully saturated rings. The molecule has 0 aliphatic carbocycles. The van der Waals surface area contributed by atoms with Gasteiger partial charge in [-0.05, 0) is 25.2 Å². The molecule has 1 aromatic rings. The SMILES string of the molecule is CCNc1cc(N2CC(C)CC(C)C2)nc(N)n1. The monoisotopic (exact) mass is 249 g/mol. The second kappa shape index (κ2) is 5.42. The zero-order valence-corrected chi connectivity index (χ0v) is 11.5. The molecule has 0 saturated carbocycles. The molecule has 1 aliphatic rings. The predicted octanol–water partition coefficient (Wildman–Crippen LogP) is 1.97. The lowest BCUT2D eigenvalue weighted by atomic mass is 9.92. The van der Waals surface area contributed by atoms with Crippen molar-refractivity contribution in [3.63, 3.8) is 0 Å². The van der Waals surface area contributed by atoms with Crippen LogP contribution in [0.25, 0.3) is 0 Å². The summed E-state index contributed by atoms with van der Waals surface area (Å²) in [4.78, 5) is 10.9. The van der Waals surface area contributed by atoms with E-state index in [1.165, 1.54) is 6.42 Å². The van der Waals surface area contributed by atoms with Crippen molar-refractivity contribution in [3.05, 3.63) is 6.07 Å². The highest BCUT2D eigenvalue weighted by Crippen LogP contribution is 2.26. The van der Waals surface area contributed by atoms with Crippen LogP contribution in [0.2, 0.25) is 0 Å². The lowest BCUT2D eigenvalue weighted by Gasteiger charge is -2.35. The van der Waals surface area contributed by atoms with E-state index >= 15 is 0 Å². The van der Waals surface area contributed by atoms with Gasteiger partial charge in [0.15, 0.2) is 0 Å². The van der Waals surface area contributed by atoms with E-state index in [2.05, 4.69) is 34.0 Å². The number of piperidine rings is 1. The first-order valence-electron chi connectivity index (χ1n) is 6.71. The van der Waals surface area contributed by atoms with Crippen molar-refractivity contribution >= 4 is 17.6 Å². The van der Waals surface area contributed by atoms with E-state index in [1.807, 2.05) is 13.0 Å². The van der Waals surface area contributed by atoms with Gasteiger partial charge in [-0.3, -0.25) is 0 Å². The highest BCUT2D eigenvalue weighted by Gasteiger charge is 2.23. The van der Waals surface area contributed by atoms with Crippen LogP contribution in [0.3, 0.4) is 0 Å². The minimum absolute atomic E-state index is 0.342. The van der Waals surface area contributed by atoms with Crippen LogP contribution in [-0.2, 0) is 0 Å².